The first kappa shape index (κ1) is 22.6. The van der Waals surface area contributed by atoms with Crippen LogP contribution in [0.15, 0.2) is 42.5 Å². The van der Waals surface area contributed by atoms with E-state index in [-0.39, 0.29) is 18.3 Å². The average Bonchev–Trinajstić information content (AvgIpc) is 2.77. The van der Waals surface area contributed by atoms with Crippen LogP contribution in [0.1, 0.15) is 11.6 Å². The van der Waals surface area contributed by atoms with Gasteiger partial charge in [0.1, 0.15) is 17.4 Å². The van der Waals surface area contributed by atoms with Gasteiger partial charge in [0.2, 0.25) is 0 Å². The van der Waals surface area contributed by atoms with Gasteiger partial charge in [-0.25, -0.2) is 8.78 Å². The number of hydrogen-bond acceptors (Lipinski definition) is 5. The van der Waals surface area contributed by atoms with Gasteiger partial charge in [-0.15, -0.1) is 0 Å². The van der Waals surface area contributed by atoms with Gasteiger partial charge in [-0.3, -0.25) is 14.5 Å². The van der Waals surface area contributed by atoms with Gasteiger partial charge in [0, 0.05) is 38.8 Å². The lowest BCUT2D eigenvalue weighted by molar-refractivity contribution is -0.136. The number of anilines is 1. The maximum Gasteiger partial charge on any atom is 0.313 e. The fourth-order valence-electron chi connectivity index (χ4n) is 3.46. The highest BCUT2D eigenvalue weighted by Gasteiger charge is 2.26. The monoisotopic (exact) mass is 432 g/mol. The van der Waals surface area contributed by atoms with Gasteiger partial charge in [-0.05, 0) is 36.9 Å². The molecule has 0 bridgehead atoms. The number of nitrogens with zero attached hydrogens (tertiary/aromatic N) is 2. The lowest BCUT2D eigenvalue weighted by Crippen LogP contribution is -2.49. The van der Waals surface area contributed by atoms with E-state index in [1.807, 2.05) is 24.3 Å². The first-order valence-electron chi connectivity index (χ1n) is 9.98. The Kier molecular flexibility index (Phi) is 7.54. The minimum absolute atomic E-state index is 0.151. The van der Waals surface area contributed by atoms with E-state index in [9.17, 15) is 18.4 Å². The van der Waals surface area contributed by atoms with Crippen molar-refractivity contribution < 1.29 is 23.1 Å². The van der Waals surface area contributed by atoms with Crippen LogP contribution in [0.2, 0.25) is 0 Å². The Morgan fingerprint density at radius 2 is 1.71 bits per heavy atom. The second-order valence-electron chi connectivity index (χ2n) is 7.42. The number of carbonyl (C=O) groups is 2. The fourth-order valence-corrected chi connectivity index (χ4v) is 3.46. The normalized spacial score (nSPS) is 15.9. The Balaban J connectivity index is 1.67. The summed E-state index contributed by atoms with van der Waals surface area (Å²) in [6.07, 6.45) is 0. The van der Waals surface area contributed by atoms with Crippen LogP contribution in [0.5, 0.6) is 5.75 Å². The largest absolute Gasteiger partial charge is 0.497 e. The number of piperazine rings is 1. The van der Waals surface area contributed by atoms with Crippen LogP contribution >= 0.6 is 0 Å². The summed E-state index contributed by atoms with van der Waals surface area (Å²) in [5, 5.41) is 4.73. The number of carbonyl (C=O) groups excluding carboxylic acids is 2. The lowest BCUT2D eigenvalue weighted by atomic mass is 10.0. The molecule has 2 N–H and O–H groups in total. The van der Waals surface area contributed by atoms with Crippen molar-refractivity contribution in [2.24, 2.45) is 0 Å². The van der Waals surface area contributed by atoms with E-state index in [0.29, 0.717) is 0 Å². The zero-order valence-electron chi connectivity index (χ0n) is 17.5. The standard InChI is InChI=1S/C22H26F2N4O3/c1-27-9-11-28(12-10-27)20(15-3-6-17(31-2)7-4-15)14-25-21(29)22(30)26-19-13-16(23)5-8-18(19)24/h3-8,13,20H,9-12,14H2,1-2H3,(H,25,29)(H,26,30). The van der Waals surface area contributed by atoms with Crippen LogP contribution < -0.4 is 15.4 Å². The van der Waals surface area contributed by atoms with Crippen molar-refractivity contribution in [3.05, 3.63) is 59.7 Å². The molecule has 0 radical (unpaired) electrons. The number of methoxy groups -OCH3 is 1. The Morgan fingerprint density at radius 1 is 1.03 bits per heavy atom. The summed E-state index contributed by atoms with van der Waals surface area (Å²) < 4.78 is 32.2. The molecule has 31 heavy (non-hydrogen) atoms. The predicted octanol–water partition coefficient (Wildman–Crippen LogP) is 2.02. The van der Waals surface area contributed by atoms with Gasteiger partial charge in [0.05, 0.1) is 18.8 Å². The summed E-state index contributed by atoms with van der Waals surface area (Å²) in [5.74, 6) is -2.79. The molecule has 1 unspecified atom stereocenters. The summed E-state index contributed by atoms with van der Waals surface area (Å²) in [6, 6.07) is 10.0. The second-order valence-corrected chi connectivity index (χ2v) is 7.42. The Morgan fingerprint density at radius 3 is 2.35 bits per heavy atom. The van der Waals surface area contributed by atoms with Crippen molar-refractivity contribution in [3.63, 3.8) is 0 Å². The van der Waals surface area contributed by atoms with Crippen LogP contribution in [0.3, 0.4) is 0 Å². The minimum Gasteiger partial charge on any atom is -0.497 e. The SMILES string of the molecule is COc1ccc(C(CNC(=O)C(=O)Nc2cc(F)ccc2F)N2CCN(C)CC2)cc1. The molecule has 1 atom stereocenters. The lowest BCUT2D eigenvalue weighted by Gasteiger charge is -2.38. The van der Waals surface area contributed by atoms with Crippen molar-refractivity contribution in [1.82, 2.24) is 15.1 Å². The first-order chi connectivity index (χ1) is 14.9. The second kappa shape index (κ2) is 10.3. The number of nitrogens with one attached hydrogen (secondary N) is 2. The van der Waals surface area contributed by atoms with Crippen LogP contribution in [-0.2, 0) is 9.59 Å². The van der Waals surface area contributed by atoms with E-state index >= 15 is 0 Å². The molecule has 7 nitrogen and oxygen atoms in total. The van der Waals surface area contributed by atoms with Crippen molar-refractivity contribution in [1.29, 1.82) is 0 Å². The number of halogens is 2. The fraction of sp³-hybridized carbons (Fsp3) is 0.364. The van der Waals surface area contributed by atoms with E-state index in [0.717, 1.165) is 55.7 Å². The number of benzene rings is 2. The van der Waals surface area contributed by atoms with Crippen LogP contribution in [0, 0.1) is 11.6 Å². The third-order valence-electron chi connectivity index (χ3n) is 5.32. The van der Waals surface area contributed by atoms with E-state index < -0.39 is 23.4 Å². The first-order valence-corrected chi connectivity index (χ1v) is 9.98. The molecule has 2 aromatic rings. The van der Waals surface area contributed by atoms with Crippen molar-refractivity contribution in [2.75, 3.05) is 52.2 Å². The van der Waals surface area contributed by atoms with Crippen molar-refractivity contribution in [2.45, 2.75) is 6.04 Å². The van der Waals surface area contributed by atoms with Gasteiger partial charge in [-0.1, -0.05) is 12.1 Å². The molecular formula is C22H26F2N4O3. The molecule has 3 rings (SSSR count). The molecule has 9 heteroatoms. The van der Waals surface area contributed by atoms with E-state index in [4.69, 9.17) is 4.74 Å². The quantitative estimate of drug-likeness (QED) is 0.684. The third kappa shape index (κ3) is 5.99. The van der Waals surface area contributed by atoms with E-state index in [1.165, 1.54) is 0 Å². The zero-order valence-corrected chi connectivity index (χ0v) is 17.5. The molecule has 0 aromatic heterocycles. The van der Waals surface area contributed by atoms with Crippen molar-refractivity contribution >= 4 is 17.5 Å². The molecule has 2 aromatic carbocycles. The molecule has 166 valence electrons. The zero-order chi connectivity index (χ0) is 22.4. The highest BCUT2D eigenvalue weighted by atomic mass is 19.1. The van der Waals surface area contributed by atoms with E-state index in [1.54, 1.807) is 7.11 Å². The topological polar surface area (TPSA) is 73.9 Å². The molecule has 1 aliphatic heterocycles. The summed E-state index contributed by atoms with van der Waals surface area (Å²) in [7, 11) is 3.64. The summed E-state index contributed by atoms with van der Waals surface area (Å²) in [6.45, 7) is 3.58. The predicted molar refractivity (Wildman–Crippen MR) is 113 cm³/mol. The number of ether oxygens (including phenoxy) is 1. The maximum atomic E-state index is 13.7. The number of hydrogen-bond donors (Lipinski definition) is 2. The highest BCUT2D eigenvalue weighted by molar-refractivity contribution is 6.39. The van der Waals surface area contributed by atoms with Gasteiger partial charge in [0.15, 0.2) is 0 Å². The van der Waals surface area contributed by atoms with Crippen LogP contribution in [0.25, 0.3) is 0 Å². The molecule has 0 aliphatic carbocycles. The molecule has 1 aliphatic rings. The Bertz CT molecular complexity index is 915. The third-order valence-corrected chi connectivity index (χ3v) is 5.32. The molecule has 1 saturated heterocycles. The number of rotatable bonds is 6. The summed E-state index contributed by atoms with van der Waals surface area (Å²) in [4.78, 5) is 29.0. The van der Waals surface area contributed by atoms with E-state index in [2.05, 4.69) is 27.5 Å². The van der Waals surface area contributed by atoms with Crippen molar-refractivity contribution in [3.8, 4) is 5.75 Å². The molecule has 0 spiro atoms. The summed E-state index contributed by atoms with van der Waals surface area (Å²) in [5.41, 5.74) is 0.591. The maximum absolute atomic E-state index is 13.7. The van der Waals surface area contributed by atoms with Gasteiger partial charge >= 0.3 is 11.8 Å². The summed E-state index contributed by atoms with van der Waals surface area (Å²) >= 11 is 0. The number of amides is 2. The smallest absolute Gasteiger partial charge is 0.313 e. The molecule has 1 heterocycles. The minimum atomic E-state index is -1.06. The van der Waals surface area contributed by atoms with Gasteiger partial charge < -0.3 is 20.3 Å². The Labute approximate surface area is 180 Å². The molecule has 0 saturated carbocycles. The average molecular weight is 432 g/mol. The van der Waals surface area contributed by atoms with Crippen LogP contribution in [0.4, 0.5) is 14.5 Å². The molecule has 1 fully saturated rings. The highest BCUT2D eigenvalue weighted by Crippen LogP contribution is 2.24. The molecular weight excluding hydrogens is 406 g/mol. The molecule has 2 amide bonds. The van der Waals surface area contributed by atoms with Gasteiger partial charge in [-0.2, -0.15) is 0 Å². The van der Waals surface area contributed by atoms with Gasteiger partial charge in [0.25, 0.3) is 0 Å². The number of likely N-dealkylation sites (N-methyl/N-ethyl adjacent to an activating group) is 1. The Hall–Kier alpha value is -3.04. The van der Waals surface area contributed by atoms with Crippen LogP contribution in [-0.4, -0.2) is 68.5 Å².